The van der Waals surface area contributed by atoms with Crippen molar-refractivity contribution in [2.24, 2.45) is 0 Å². The number of nitriles is 1. The lowest BCUT2D eigenvalue weighted by atomic mass is 10.1. The SMILES string of the molecule is CC(C(=O)Nc1ccc(N2CCOCC2)cc1)N1CCN(Cc2ccc(C#N)cc2)CC1. The number of nitrogens with zero attached hydrogens (tertiary/aromatic N) is 4. The molecule has 2 aliphatic heterocycles. The Morgan fingerprint density at radius 1 is 1.00 bits per heavy atom. The number of carbonyl (C=O) groups excluding carboxylic acids is 1. The zero-order chi connectivity index (χ0) is 22.3. The Morgan fingerprint density at radius 2 is 1.66 bits per heavy atom. The highest BCUT2D eigenvalue weighted by atomic mass is 16.5. The predicted octanol–water partition coefficient (Wildman–Crippen LogP) is 2.54. The number of morpholine rings is 1. The van der Waals surface area contributed by atoms with Crippen LogP contribution in [-0.2, 0) is 16.1 Å². The third kappa shape index (κ3) is 5.65. The normalized spacial score (nSPS) is 18.7. The van der Waals surface area contributed by atoms with Gasteiger partial charge < -0.3 is 15.0 Å². The molecule has 32 heavy (non-hydrogen) atoms. The number of hydrogen-bond acceptors (Lipinski definition) is 6. The lowest BCUT2D eigenvalue weighted by Crippen LogP contribution is -2.52. The third-order valence-electron chi connectivity index (χ3n) is 6.33. The molecule has 2 aromatic rings. The van der Waals surface area contributed by atoms with Crippen molar-refractivity contribution in [3.05, 3.63) is 59.7 Å². The maximum Gasteiger partial charge on any atom is 0.241 e. The minimum absolute atomic E-state index is 0.0321. The van der Waals surface area contributed by atoms with E-state index in [1.807, 2.05) is 43.3 Å². The van der Waals surface area contributed by atoms with Crippen molar-refractivity contribution in [2.75, 3.05) is 62.7 Å². The number of benzene rings is 2. The quantitative estimate of drug-likeness (QED) is 0.755. The standard InChI is InChI=1S/C25H31N5O2/c1-20(25(31)27-23-6-8-24(9-7-23)30-14-16-32-17-15-30)29-12-10-28(11-13-29)19-22-4-2-21(18-26)3-5-22/h2-9,20H,10-17,19H2,1H3,(H,27,31). The van der Waals surface area contributed by atoms with Crippen molar-refractivity contribution < 1.29 is 9.53 Å². The van der Waals surface area contributed by atoms with Crippen molar-refractivity contribution in [2.45, 2.75) is 19.5 Å². The lowest BCUT2D eigenvalue weighted by molar-refractivity contribution is -0.121. The van der Waals surface area contributed by atoms with Gasteiger partial charge in [0.1, 0.15) is 0 Å². The minimum atomic E-state index is -0.175. The van der Waals surface area contributed by atoms with Gasteiger partial charge in [0.2, 0.25) is 5.91 Å². The number of anilines is 2. The van der Waals surface area contributed by atoms with Crippen LogP contribution in [0.25, 0.3) is 0 Å². The van der Waals surface area contributed by atoms with Crippen molar-refractivity contribution in [1.82, 2.24) is 9.80 Å². The average molecular weight is 434 g/mol. The Hall–Kier alpha value is -2.92. The molecule has 0 bridgehead atoms. The number of ether oxygens (including phenoxy) is 1. The van der Waals surface area contributed by atoms with Crippen LogP contribution in [0, 0.1) is 11.3 Å². The maximum atomic E-state index is 12.8. The first-order valence-corrected chi connectivity index (χ1v) is 11.3. The molecule has 7 nitrogen and oxygen atoms in total. The molecule has 1 atom stereocenters. The summed E-state index contributed by atoms with van der Waals surface area (Å²) in [6.07, 6.45) is 0. The van der Waals surface area contributed by atoms with Gasteiger partial charge in [-0.05, 0) is 48.9 Å². The molecular formula is C25H31N5O2. The van der Waals surface area contributed by atoms with E-state index in [1.54, 1.807) is 0 Å². The van der Waals surface area contributed by atoms with Crippen molar-refractivity contribution in [3.63, 3.8) is 0 Å². The summed E-state index contributed by atoms with van der Waals surface area (Å²) >= 11 is 0. The van der Waals surface area contributed by atoms with E-state index in [4.69, 9.17) is 10.00 Å². The van der Waals surface area contributed by atoms with Gasteiger partial charge in [-0.2, -0.15) is 5.26 Å². The summed E-state index contributed by atoms with van der Waals surface area (Å²) in [6.45, 7) is 9.75. The molecular weight excluding hydrogens is 402 g/mol. The van der Waals surface area contributed by atoms with Crippen LogP contribution in [0.15, 0.2) is 48.5 Å². The second-order valence-electron chi connectivity index (χ2n) is 8.43. The largest absolute Gasteiger partial charge is 0.378 e. The molecule has 0 aliphatic carbocycles. The number of amides is 1. The van der Waals surface area contributed by atoms with Gasteiger partial charge >= 0.3 is 0 Å². The fraction of sp³-hybridized carbons (Fsp3) is 0.440. The van der Waals surface area contributed by atoms with Gasteiger partial charge in [0.25, 0.3) is 0 Å². The van der Waals surface area contributed by atoms with Crippen molar-refractivity contribution in [1.29, 1.82) is 5.26 Å². The topological polar surface area (TPSA) is 71.8 Å². The van der Waals surface area contributed by atoms with Gasteiger partial charge in [-0.25, -0.2) is 0 Å². The third-order valence-corrected chi connectivity index (χ3v) is 6.33. The minimum Gasteiger partial charge on any atom is -0.378 e. The molecule has 0 aromatic heterocycles. The molecule has 2 fully saturated rings. The lowest BCUT2D eigenvalue weighted by Gasteiger charge is -2.37. The van der Waals surface area contributed by atoms with E-state index in [0.717, 1.165) is 70.4 Å². The highest BCUT2D eigenvalue weighted by molar-refractivity contribution is 5.94. The van der Waals surface area contributed by atoms with Crippen LogP contribution in [-0.4, -0.2) is 74.2 Å². The zero-order valence-corrected chi connectivity index (χ0v) is 18.7. The van der Waals surface area contributed by atoms with Gasteiger partial charge in [-0.3, -0.25) is 14.6 Å². The Morgan fingerprint density at radius 3 is 2.28 bits per heavy atom. The zero-order valence-electron chi connectivity index (χ0n) is 18.7. The molecule has 2 saturated heterocycles. The predicted molar refractivity (Wildman–Crippen MR) is 126 cm³/mol. The van der Waals surface area contributed by atoms with Crippen LogP contribution in [0.2, 0.25) is 0 Å². The fourth-order valence-electron chi connectivity index (χ4n) is 4.24. The average Bonchev–Trinajstić information content (AvgIpc) is 2.85. The number of nitrogens with one attached hydrogen (secondary N) is 1. The van der Waals surface area contributed by atoms with E-state index < -0.39 is 0 Å². The van der Waals surface area contributed by atoms with E-state index in [0.29, 0.717) is 5.56 Å². The molecule has 2 aliphatic rings. The van der Waals surface area contributed by atoms with Crippen molar-refractivity contribution >= 4 is 17.3 Å². The second kappa shape index (κ2) is 10.6. The summed E-state index contributed by atoms with van der Waals surface area (Å²) in [5.41, 5.74) is 3.90. The number of rotatable bonds is 6. The summed E-state index contributed by atoms with van der Waals surface area (Å²) in [5.74, 6) is 0.0321. The van der Waals surface area contributed by atoms with Crippen LogP contribution in [0.1, 0.15) is 18.1 Å². The Labute approximate surface area is 190 Å². The molecule has 168 valence electrons. The van der Waals surface area contributed by atoms with Gasteiger partial charge in [0, 0.05) is 57.2 Å². The summed E-state index contributed by atoms with van der Waals surface area (Å²) in [4.78, 5) is 19.8. The van der Waals surface area contributed by atoms with E-state index in [2.05, 4.69) is 38.2 Å². The van der Waals surface area contributed by atoms with Crippen LogP contribution in [0.3, 0.4) is 0 Å². The van der Waals surface area contributed by atoms with Gasteiger partial charge in [-0.15, -0.1) is 0 Å². The molecule has 1 amide bonds. The van der Waals surface area contributed by atoms with E-state index in [1.165, 1.54) is 5.56 Å². The molecule has 0 radical (unpaired) electrons. The number of hydrogen-bond donors (Lipinski definition) is 1. The summed E-state index contributed by atoms with van der Waals surface area (Å²) in [6, 6.07) is 17.8. The monoisotopic (exact) mass is 433 g/mol. The van der Waals surface area contributed by atoms with Crippen LogP contribution >= 0.6 is 0 Å². The molecule has 7 heteroatoms. The van der Waals surface area contributed by atoms with E-state index in [9.17, 15) is 4.79 Å². The van der Waals surface area contributed by atoms with Gasteiger partial charge in [-0.1, -0.05) is 12.1 Å². The van der Waals surface area contributed by atoms with Crippen LogP contribution < -0.4 is 10.2 Å². The molecule has 0 spiro atoms. The Balaban J connectivity index is 1.24. The molecule has 4 rings (SSSR count). The first-order valence-electron chi connectivity index (χ1n) is 11.3. The number of carbonyl (C=O) groups is 1. The molecule has 2 heterocycles. The summed E-state index contributed by atoms with van der Waals surface area (Å²) < 4.78 is 5.41. The highest BCUT2D eigenvalue weighted by Crippen LogP contribution is 2.20. The fourth-order valence-corrected chi connectivity index (χ4v) is 4.24. The van der Waals surface area contributed by atoms with Crippen molar-refractivity contribution in [3.8, 4) is 6.07 Å². The molecule has 0 saturated carbocycles. The molecule has 2 aromatic carbocycles. The smallest absolute Gasteiger partial charge is 0.241 e. The highest BCUT2D eigenvalue weighted by Gasteiger charge is 2.25. The molecule has 1 unspecified atom stereocenters. The summed E-state index contributed by atoms with van der Waals surface area (Å²) in [7, 11) is 0. The molecule has 1 N–H and O–H groups in total. The summed E-state index contributed by atoms with van der Waals surface area (Å²) in [5, 5.41) is 12.0. The van der Waals surface area contributed by atoms with Gasteiger partial charge in [0.05, 0.1) is 30.9 Å². The van der Waals surface area contributed by atoms with Crippen LogP contribution in [0.4, 0.5) is 11.4 Å². The second-order valence-corrected chi connectivity index (χ2v) is 8.43. The number of piperazine rings is 1. The Kier molecular flexibility index (Phi) is 7.38. The van der Waals surface area contributed by atoms with Gasteiger partial charge in [0.15, 0.2) is 0 Å². The maximum absolute atomic E-state index is 12.8. The first kappa shape index (κ1) is 22.3. The Bertz CT molecular complexity index is 924. The van der Waals surface area contributed by atoms with Crippen LogP contribution in [0.5, 0.6) is 0 Å². The van der Waals surface area contributed by atoms with E-state index in [-0.39, 0.29) is 11.9 Å². The van der Waals surface area contributed by atoms with E-state index >= 15 is 0 Å². The first-order chi connectivity index (χ1) is 15.6.